The van der Waals surface area contributed by atoms with Crippen molar-refractivity contribution in [2.24, 2.45) is 11.7 Å². The van der Waals surface area contributed by atoms with Crippen LogP contribution >= 0.6 is 0 Å². The van der Waals surface area contributed by atoms with Crippen LogP contribution in [0, 0.1) is 12.8 Å². The van der Waals surface area contributed by atoms with Gasteiger partial charge in [0.2, 0.25) is 0 Å². The molecule has 19 heavy (non-hydrogen) atoms. The number of rotatable bonds is 5. The predicted octanol–water partition coefficient (Wildman–Crippen LogP) is 3.94. The fourth-order valence-corrected chi connectivity index (χ4v) is 3.02. The molecule has 1 aromatic rings. The van der Waals surface area contributed by atoms with Gasteiger partial charge >= 0.3 is 0 Å². The Hall–Kier alpha value is -0.860. The van der Waals surface area contributed by atoms with Gasteiger partial charge in [0.15, 0.2) is 0 Å². The zero-order valence-corrected chi connectivity index (χ0v) is 12.3. The second-order valence-corrected chi connectivity index (χ2v) is 5.84. The Morgan fingerprint density at radius 1 is 1.32 bits per heavy atom. The molecule has 1 fully saturated rings. The summed E-state index contributed by atoms with van der Waals surface area (Å²) in [5.74, 6) is 0.875. The van der Waals surface area contributed by atoms with E-state index in [9.17, 15) is 0 Å². The summed E-state index contributed by atoms with van der Waals surface area (Å²) < 4.78 is 6.12. The Morgan fingerprint density at radius 2 is 2.16 bits per heavy atom. The lowest BCUT2D eigenvalue weighted by molar-refractivity contribution is 0.00157. The van der Waals surface area contributed by atoms with Gasteiger partial charge in [-0.25, -0.2) is 0 Å². The van der Waals surface area contributed by atoms with Crippen LogP contribution in [-0.2, 0) is 17.9 Å². The average Bonchev–Trinajstić information content (AvgIpc) is 2.46. The highest BCUT2D eigenvalue weighted by atomic mass is 16.5. The standard InChI is InChI=1S/C17H27NO/c1-3-14-5-4-6-17(10-14)19-12-16-8-7-15(11-18)9-13(16)2/h7-9,14,17H,3-6,10-12,18H2,1-2H3. The molecule has 2 atom stereocenters. The first-order valence-electron chi connectivity index (χ1n) is 7.63. The first-order valence-corrected chi connectivity index (χ1v) is 7.63. The third-order valence-electron chi connectivity index (χ3n) is 4.43. The fraction of sp³-hybridized carbons (Fsp3) is 0.647. The summed E-state index contributed by atoms with van der Waals surface area (Å²) in [5.41, 5.74) is 9.46. The summed E-state index contributed by atoms with van der Waals surface area (Å²) in [6.07, 6.45) is 6.96. The number of hydrogen-bond acceptors (Lipinski definition) is 2. The van der Waals surface area contributed by atoms with Crippen LogP contribution in [0.25, 0.3) is 0 Å². The Balaban J connectivity index is 1.88. The lowest BCUT2D eigenvalue weighted by Crippen LogP contribution is -2.22. The molecule has 0 saturated heterocycles. The van der Waals surface area contributed by atoms with Crippen LogP contribution in [0.3, 0.4) is 0 Å². The highest BCUT2D eigenvalue weighted by Crippen LogP contribution is 2.29. The molecule has 0 heterocycles. The molecular weight excluding hydrogens is 234 g/mol. The molecule has 1 saturated carbocycles. The molecular formula is C17H27NO. The molecule has 2 unspecified atom stereocenters. The summed E-state index contributed by atoms with van der Waals surface area (Å²) in [5, 5.41) is 0. The van der Waals surface area contributed by atoms with Gasteiger partial charge in [0.05, 0.1) is 12.7 Å². The minimum atomic E-state index is 0.465. The summed E-state index contributed by atoms with van der Waals surface area (Å²) in [6.45, 7) is 5.80. The van der Waals surface area contributed by atoms with Gasteiger partial charge in [0.25, 0.3) is 0 Å². The molecule has 1 aliphatic carbocycles. The molecule has 1 aliphatic rings. The molecule has 106 valence electrons. The smallest absolute Gasteiger partial charge is 0.0723 e. The van der Waals surface area contributed by atoms with Crippen LogP contribution in [0.2, 0.25) is 0 Å². The highest BCUT2D eigenvalue weighted by Gasteiger charge is 2.21. The first-order chi connectivity index (χ1) is 9.22. The Kier molecular flexibility index (Phi) is 5.41. The van der Waals surface area contributed by atoms with Gasteiger partial charge in [0, 0.05) is 6.54 Å². The number of hydrogen-bond donors (Lipinski definition) is 1. The van der Waals surface area contributed by atoms with Crippen LogP contribution in [-0.4, -0.2) is 6.10 Å². The molecule has 0 bridgehead atoms. The molecule has 1 aromatic carbocycles. The van der Waals surface area contributed by atoms with Crippen molar-refractivity contribution in [2.75, 3.05) is 0 Å². The average molecular weight is 261 g/mol. The van der Waals surface area contributed by atoms with Crippen molar-refractivity contribution in [3.05, 3.63) is 34.9 Å². The van der Waals surface area contributed by atoms with Crippen molar-refractivity contribution in [1.82, 2.24) is 0 Å². The van der Waals surface area contributed by atoms with E-state index in [1.54, 1.807) is 0 Å². The van der Waals surface area contributed by atoms with Crippen molar-refractivity contribution in [3.63, 3.8) is 0 Å². The van der Waals surface area contributed by atoms with E-state index in [0.717, 1.165) is 12.5 Å². The van der Waals surface area contributed by atoms with Gasteiger partial charge < -0.3 is 10.5 Å². The van der Waals surface area contributed by atoms with Crippen LogP contribution < -0.4 is 5.73 Å². The van der Waals surface area contributed by atoms with Gasteiger partial charge in [-0.05, 0) is 42.4 Å². The van der Waals surface area contributed by atoms with Crippen molar-refractivity contribution < 1.29 is 4.74 Å². The second kappa shape index (κ2) is 7.06. The molecule has 0 aromatic heterocycles. The minimum Gasteiger partial charge on any atom is -0.374 e. The van der Waals surface area contributed by atoms with Crippen molar-refractivity contribution in [1.29, 1.82) is 0 Å². The predicted molar refractivity (Wildman–Crippen MR) is 79.9 cm³/mol. The molecule has 2 heteroatoms. The maximum absolute atomic E-state index is 6.12. The van der Waals surface area contributed by atoms with E-state index in [1.165, 1.54) is 48.8 Å². The summed E-state index contributed by atoms with van der Waals surface area (Å²) in [6, 6.07) is 6.45. The third-order valence-corrected chi connectivity index (χ3v) is 4.43. The van der Waals surface area contributed by atoms with Crippen LogP contribution in [0.4, 0.5) is 0 Å². The Morgan fingerprint density at radius 3 is 2.84 bits per heavy atom. The van der Waals surface area contributed by atoms with Crippen LogP contribution in [0.1, 0.15) is 55.7 Å². The summed E-state index contributed by atoms with van der Waals surface area (Å²) >= 11 is 0. The zero-order chi connectivity index (χ0) is 13.7. The number of nitrogens with two attached hydrogens (primary N) is 1. The van der Waals surface area contributed by atoms with Gasteiger partial charge in [-0.3, -0.25) is 0 Å². The van der Waals surface area contributed by atoms with Crippen molar-refractivity contribution in [2.45, 2.75) is 65.2 Å². The van der Waals surface area contributed by atoms with Crippen molar-refractivity contribution in [3.8, 4) is 0 Å². The van der Waals surface area contributed by atoms with E-state index in [4.69, 9.17) is 10.5 Å². The maximum atomic E-state index is 6.12. The maximum Gasteiger partial charge on any atom is 0.0723 e. The third kappa shape index (κ3) is 4.05. The first kappa shape index (κ1) is 14.5. The van der Waals surface area contributed by atoms with Crippen LogP contribution in [0.5, 0.6) is 0 Å². The highest BCUT2D eigenvalue weighted by molar-refractivity contribution is 5.30. The summed E-state index contributed by atoms with van der Waals surface area (Å²) in [7, 11) is 0. The second-order valence-electron chi connectivity index (χ2n) is 5.84. The SMILES string of the molecule is CCC1CCCC(OCc2ccc(CN)cc2C)C1. The van der Waals surface area contributed by atoms with Crippen molar-refractivity contribution >= 4 is 0 Å². The molecule has 2 nitrogen and oxygen atoms in total. The van der Waals surface area contributed by atoms with Crippen LogP contribution in [0.15, 0.2) is 18.2 Å². The zero-order valence-electron chi connectivity index (χ0n) is 12.3. The largest absolute Gasteiger partial charge is 0.374 e. The number of aryl methyl sites for hydroxylation is 1. The topological polar surface area (TPSA) is 35.2 Å². The monoisotopic (exact) mass is 261 g/mol. The van der Waals surface area contributed by atoms with E-state index in [0.29, 0.717) is 12.6 Å². The lowest BCUT2D eigenvalue weighted by atomic mass is 9.85. The summed E-state index contributed by atoms with van der Waals surface area (Å²) in [4.78, 5) is 0. The number of benzene rings is 1. The van der Waals surface area contributed by atoms with E-state index in [1.807, 2.05) is 0 Å². The molecule has 0 aliphatic heterocycles. The Labute approximate surface area is 117 Å². The fourth-order valence-electron chi connectivity index (χ4n) is 3.02. The van der Waals surface area contributed by atoms with Gasteiger partial charge in [-0.15, -0.1) is 0 Å². The normalized spacial score (nSPS) is 23.5. The van der Waals surface area contributed by atoms with E-state index in [-0.39, 0.29) is 0 Å². The molecule has 0 radical (unpaired) electrons. The molecule has 2 N–H and O–H groups in total. The van der Waals surface area contributed by atoms with E-state index < -0.39 is 0 Å². The molecule has 0 amide bonds. The van der Waals surface area contributed by atoms with Gasteiger partial charge in [-0.2, -0.15) is 0 Å². The molecule has 0 spiro atoms. The van der Waals surface area contributed by atoms with Gasteiger partial charge in [0.1, 0.15) is 0 Å². The number of ether oxygens (including phenoxy) is 1. The molecule has 2 rings (SSSR count). The van der Waals surface area contributed by atoms with E-state index in [2.05, 4.69) is 32.0 Å². The van der Waals surface area contributed by atoms with Gasteiger partial charge in [-0.1, -0.05) is 44.4 Å². The Bertz CT molecular complexity index is 402. The minimum absolute atomic E-state index is 0.465. The quantitative estimate of drug-likeness (QED) is 0.871. The lowest BCUT2D eigenvalue weighted by Gasteiger charge is -2.28. The van der Waals surface area contributed by atoms with E-state index >= 15 is 0 Å².